The molecule has 0 aromatic carbocycles. The van der Waals surface area contributed by atoms with Crippen molar-refractivity contribution in [3.63, 3.8) is 0 Å². The first-order valence-electron chi connectivity index (χ1n) is 7.58. The van der Waals surface area contributed by atoms with Gasteiger partial charge in [-0.3, -0.25) is 5.43 Å². The Bertz CT molecular complexity index is 638. The third-order valence-corrected chi connectivity index (χ3v) is 5.53. The minimum absolute atomic E-state index is 0.476. The summed E-state index contributed by atoms with van der Waals surface area (Å²) < 4.78 is 0. The van der Waals surface area contributed by atoms with E-state index in [9.17, 15) is 0 Å². The van der Waals surface area contributed by atoms with Crippen molar-refractivity contribution < 1.29 is 0 Å². The summed E-state index contributed by atoms with van der Waals surface area (Å²) in [6, 6.07) is 2.64. The number of anilines is 2. The SMILES string of the molecule is Cc1cc2c(NC3CCC(C)C(C)C3)nc(NN)nc2s1. The highest BCUT2D eigenvalue weighted by Gasteiger charge is 2.25. The average molecular weight is 305 g/mol. The molecule has 0 aliphatic heterocycles. The van der Waals surface area contributed by atoms with Gasteiger partial charge in [-0.15, -0.1) is 11.3 Å². The van der Waals surface area contributed by atoms with Gasteiger partial charge in [-0.2, -0.15) is 4.98 Å². The third kappa shape index (κ3) is 2.96. The number of aryl methyl sites for hydroxylation is 1. The molecule has 1 fully saturated rings. The second kappa shape index (κ2) is 5.77. The highest BCUT2D eigenvalue weighted by molar-refractivity contribution is 7.18. The van der Waals surface area contributed by atoms with Crippen LogP contribution in [0.2, 0.25) is 0 Å². The number of thiophene rings is 1. The second-order valence-corrected chi connectivity index (χ2v) is 7.46. The molecule has 0 spiro atoms. The fourth-order valence-electron chi connectivity index (χ4n) is 3.09. The van der Waals surface area contributed by atoms with Crippen molar-refractivity contribution in [3.8, 4) is 0 Å². The van der Waals surface area contributed by atoms with Crippen LogP contribution in [0.15, 0.2) is 6.07 Å². The first-order chi connectivity index (χ1) is 10.1. The number of nitrogens with zero attached hydrogens (tertiary/aromatic N) is 2. The lowest BCUT2D eigenvalue weighted by atomic mass is 9.79. The molecule has 21 heavy (non-hydrogen) atoms. The maximum atomic E-state index is 5.49. The van der Waals surface area contributed by atoms with E-state index in [-0.39, 0.29) is 0 Å². The zero-order valence-corrected chi connectivity index (χ0v) is 13.6. The molecule has 4 N–H and O–H groups in total. The summed E-state index contributed by atoms with van der Waals surface area (Å²) in [5, 5.41) is 4.72. The first kappa shape index (κ1) is 14.5. The van der Waals surface area contributed by atoms with Gasteiger partial charge in [0, 0.05) is 10.9 Å². The molecule has 0 saturated heterocycles. The van der Waals surface area contributed by atoms with Crippen LogP contribution in [0.25, 0.3) is 10.2 Å². The van der Waals surface area contributed by atoms with E-state index in [1.807, 2.05) is 0 Å². The Morgan fingerprint density at radius 1 is 1.24 bits per heavy atom. The predicted molar refractivity (Wildman–Crippen MR) is 89.6 cm³/mol. The largest absolute Gasteiger partial charge is 0.367 e. The number of nitrogens with one attached hydrogen (secondary N) is 2. The molecule has 0 radical (unpaired) electrons. The molecule has 6 heteroatoms. The molecule has 1 aliphatic rings. The Kier molecular flexibility index (Phi) is 3.99. The number of nitrogens with two attached hydrogens (primary N) is 1. The molecule has 3 rings (SSSR count). The lowest BCUT2D eigenvalue weighted by Crippen LogP contribution is -2.30. The molecule has 114 valence electrons. The molecule has 2 aromatic heterocycles. The van der Waals surface area contributed by atoms with E-state index < -0.39 is 0 Å². The Hall–Kier alpha value is -1.40. The Labute approximate surface area is 129 Å². The van der Waals surface area contributed by atoms with Crippen molar-refractivity contribution in [3.05, 3.63) is 10.9 Å². The molecule has 2 aromatic rings. The molecule has 3 atom stereocenters. The van der Waals surface area contributed by atoms with Crippen molar-refractivity contribution in [1.29, 1.82) is 0 Å². The van der Waals surface area contributed by atoms with Crippen LogP contribution >= 0.6 is 11.3 Å². The van der Waals surface area contributed by atoms with Gasteiger partial charge in [0.2, 0.25) is 5.95 Å². The number of hydrogen-bond acceptors (Lipinski definition) is 6. The molecule has 2 heterocycles. The molecular formula is C15H23N5S. The summed E-state index contributed by atoms with van der Waals surface area (Å²) in [5.41, 5.74) is 2.57. The van der Waals surface area contributed by atoms with Gasteiger partial charge < -0.3 is 5.32 Å². The summed E-state index contributed by atoms with van der Waals surface area (Å²) >= 11 is 1.67. The van der Waals surface area contributed by atoms with Gasteiger partial charge in [-0.1, -0.05) is 13.8 Å². The number of aromatic nitrogens is 2. The Morgan fingerprint density at radius 2 is 2.05 bits per heavy atom. The van der Waals surface area contributed by atoms with Gasteiger partial charge in [-0.25, -0.2) is 10.8 Å². The van der Waals surface area contributed by atoms with Crippen LogP contribution in [-0.2, 0) is 0 Å². The predicted octanol–water partition coefficient (Wildman–Crippen LogP) is 3.52. The van der Waals surface area contributed by atoms with Crippen molar-refractivity contribution in [2.24, 2.45) is 17.7 Å². The fourth-order valence-corrected chi connectivity index (χ4v) is 3.97. The Balaban J connectivity index is 1.89. The van der Waals surface area contributed by atoms with Crippen molar-refractivity contribution in [2.75, 3.05) is 10.7 Å². The molecular weight excluding hydrogens is 282 g/mol. The minimum atomic E-state index is 0.476. The van der Waals surface area contributed by atoms with Crippen LogP contribution in [0, 0.1) is 18.8 Å². The summed E-state index contributed by atoms with van der Waals surface area (Å²) in [4.78, 5) is 11.2. The zero-order chi connectivity index (χ0) is 15.0. The monoisotopic (exact) mass is 305 g/mol. The van der Waals surface area contributed by atoms with Crippen LogP contribution in [0.1, 0.15) is 38.0 Å². The number of fused-ring (bicyclic) bond motifs is 1. The van der Waals surface area contributed by atoms with Crippen LogP contribution in [0.4, 0.5) is 11.8 Å². The van der Waals surface area contributed by atoms with Crippen LogP contribution in [0.3, 0.4) is 0 Å². The smallest absolute Gasteiger partial charge is 0.240 e. The van der Waals surface area contributed by atoms with Gasteiger partial charge in [0.05, 0.1) is 5.39 Å². The Morgan fingerprint density at radius 3 is 2.76 bits per heavy atom. The summed E-state index contributed by atoms with van der Waals surface area (Å²) in [5.74, 6) is 8.45. The molecule has 0 amide bonds. The number of nitrogen functional groups attached to an aromatic ring is 1. The molecule has 1 saturated carbocycles. The lowest BCUT2D eigenvalue weighted by molar-refractivity contribution is 0.260. The minimum Gasteiger partial charge on any atom is -0.367 e. The zero-order valence-electron chi connectivity index (χ0n) is 12.8. The summed E-state index contributed by atoms with van der Waals surface area (Å²) in [7, 11) is 0. The molecule has 1 aliphatic carbocycles. The van der Waals surface area contributed by atoms with Crippen molar-refractivity contribution >= 4 is 33.3 Å². The van der Waals surface area contributed by atoms with Crippen LogP contribution in [-0.4, -0.2) is 16.0 Å². The summed E-state index contributed by atoms with van der Waals surface area (Å²) in [6.07, 6.45) is 3.67. The van der Waals surface area contributed by atoms with E-state index in [1.165, 1.54) is 24.1 Å². The van der Waals surface area contributed by atoms with E-state index in [0.29, 0.717) is 12.0 Å². The standard InChI is InChI=1S/C15H23N5S/c1-8-4-5-11(6-9(8)2)17-13-12-7-10(3)21-14(12)19-15(18-13)20-16/h7-9,11H,4-6,16H2,1-3H3,(H2,17,18,19,20). The van der Waals surface area contributed by atoms with Gasteiger partial charge in [0.1, 0.15) is 10.6 Å². The topological polar surface area (TPSA) is 75.9 Å². The normalized spacial score (nSPS) is 26.0. The van der Waals surface area contributed by atoms with Gasteiger partial charge in [0.25, 0.3) is 0 Å². The fraction of sp³-hybridized carbons (Fsp3) is 0.600. The van der Waals surface area contributed by atoms with E-state index in [1.54, 1.807) is 11.3 Å². The quantitative estimate of drug-likeness (QED) is 0.597. The van der Waals surface area contributed by atoms with Crippen molar-refractivity contribution in [2.45, 2.75) is 46.1 Å². The molecule has 3 unspecified atom stereocenters. The number of hydrogen-bond donors (Lipinski definition) is 3. The highest BCUT2D eigenvalue weighted by Crippen LogP contribution is 2.34. The van der Waals surface area contributed by atoms with Gasteiger partial charge >= 0.3 is 0 Å². The first-order valence-corrected chi connectivity index (χ1v) is 8.39. The third-order valence-electron chi connectivity index (χ3n) is 4.58. The van der Waals surface area contributed by atoms with Gasteiger partial charge in [0.15, 0.2) is 0 Å². The van der Waals surface area contributed by atoms with Crippen LogP contribution in [0.5, 0.6) is 0 Å². The average Bonchev–Trinajstić information content (AvgIpc) is 2.83. The highest BCUT2D eigenvalue weighted by atomic mass is 32.1. The van der Waals surface area contributed by atoms with Crippen LogP contribution < -0.4 is 16.6 Å². The molecule has 0 bridgehead atoms. The maximum absolute atomic E-state index is 5.49. The van der Waals surface area contributed by atoms with Crippen molar-refractivity contribution in [1.82, 2.24) is 9.97 Å². The second-order valence-electron chi connectivity index (χ2n) is 6.22. The van der Waals surface area contributed by atoms with E-state index >= 15 is 0 Å². The number of rotatable bonds is 3. The van der Waals surface area contributed by atoms with E-state index in [2.05, 4.69) is 47.5 Å². The molecule has 5 nitrogen and oxygen atoms in total. The summed E-state index contributed by atoms with van der Waals surface area (Å²) in [6.45, 7) is 6.79. The maximum Gasteiger partial charge on any atom is 0.240 e. The van der Waals surface area contributed by atoms with Gasteiger partial charge in [-0.05, 0) is 44.1 Å². The van der Waals surface area contributed by atoms with E-state index in [0.717, 1.165) is 27.9 Å². The lowest BCUT2D eigenvalue weighted by Gasteiger charge is -2.32. The number of hydrazine groups is 1. The van der Waals surface area contributed by atoms with E-state index in [4.69, 9.17) is 5.84 Å².